The van der Waals surface area contributed by atoms with Gasteiger partial charge in [-0.2, -0.15) is 0 Å². The maximum Gasteiger partial charge on any atom is 0.343 e. The Bertz CT molecular complexity index is 661. The minimum Gasteiger partial charge on any atom is -1.00 e. The van der Waals surface area contributed by atoms with Gasteiger partial charge in [-0.1, -0.05) is 30.3 Å². The number of piperidine rings is 1. The van der Waals surface area contributed by atoms with Crippen LogP contribution in [0.25, 0.3) is 0 Å². The number of nitrogens with zero attached hydrogens (tertiary/aromatic N) is 1. The molecule has 2 atom stereocenters. The van der Waals surface area contributed by atoms with Gasteiger partial charge in [0.05, 0.1) is 33.8 Å². The second kappa shape index (κ2) is 8.76. The number of rotatable bonds is 5. The second-order valence-corrected chi connectivity index (χ2v) is 8.85. The Labute approximate surface area is 176 Å². The number of benzene rings is 1. The van der Waals surface area contributed by atoms with Crippen LogP contribution in [0.5, 0.6) is 0 Å². The number of alkyl halides is 2. The first-order valence-electron chi connectivity index (χ1n) is 9.77. The lowest BCUT2D eigenvalue weighted by molar-refractivity contribution is -0.896. The molecule has 1 aromatic rings. The van der Waals surface area contributed by atoms with Gasteiger partial charge in [-0.25, -0.2) is 13.6 Å². The third-order valence-corrected chi connectivity index (χ3v) is 6.25. The van der Waals surface area contributed by atoms with Crippen LogP contribution in [-0.4, -0.2) is 55.3 Å². The van der Waals surface area contributed by atoms with Crippen molar-refractivity contribution in [2.45, 2.75) is 43.6 Å². The highest BCUT2D eigenvalue weighted by Crippen LogP contribution is 2.48. The maximum atomic E-state index is 13.8. The molecular formula is C21H30BrF2NO3. The Morgan fingerprint density at radius 2 is 1.82 bits per heavy atom. The molecule has 28 heavy (non-hydrogen) atoms. The van der Waals surface area contributed by atoms with Crippen LogP contribution in [0, 0.1) is 11.8 Å². The topological polar surface area (TPSA) is 46.5 Å². The van der Waals surface area contributed by atoms with Gasteiger partial charge in [-0.3, -0.25) is 0 Å². The molecule has 158 valence electrons. The monoisotopic (exact) mass is 461 g/mol. The number of hydrogen-bond acceptors (Lipinski definition) is 3. The minimum absolute atomic E-state index is 0. The Morgan fingerprint density at radius 3 is 2.36 bits per heavy atom. The van der Waals surface area contributed by atoms with Crippen molar-refractivity contribution in [1.29, 1.82) is 0 Å². The third-order valence-electron chi connectivity index (χ3n) is 6.25. The molecule has 0 aromatic heterocycles. The van der Waals surface area contributed by atoms with Crippen LogP contribution in [-0.2, 0) is 15.1 Å². The van der Waals surface area contributed by atoms with Crippen molar-refractivity contribution in [1.82, 2.24) is 0 Å². The van der Waals surface area contributed by atoms with E-state index in [0.29, 0.717) is 5.56 Å². The summed E-state index contributed by atoms with van der Waals surface area (Å²) in [4.78, 5) is 12.9. The highest BCUT2D eigenvalue weighted by molar-refractivity contribution is 5.81. The van der Waals surface area contributed by atoms with Crippen LogP contribution in [0.2, 0.25) is 0 Å². The fraction of sp³-hybridized carbons (Fsp3) is 0.667. The first-order valence-corrected chi connectivity index (χ1v) is 9.77. The molecule has 7 heteroatoms. The van der Waals surface area contributed by atoms with Gasteiger partial charge in [-0.05, 0) is 12.0 Å². The van der Waals surface area contributed by atoms with Crippen LogP contribution < -0.4 is 17.0 Å². The SMILES string of the molecule is C[N+]1(C)CCC(COC(=O)[C@](O)(c2ccccc2)[C@@H]2CCC(F)(F)C2)CC1.[Br-]. The highest BCUT2D eigenvalue weighted by atomic mass is 79.9. The summed E-state index contributed by atoms with van der Waals surface area (Å²) in [7, 11) is 4.35. The fourth-order valence-electron chi connectivity index (χ4n) is 4.31. The Balaban J connectivity index is 0.00000280. The van der Waals surface area contributed by atoms with Gasteiger partial charge in [0.2, 0.25) is 5.92 Å². The number of esters is 1. The molecule has 1 N–H and O–H groups in total. The van der Waals surface area contributed by atoms with Crippen molar-refractivity contribution in [3.63, 3.8) is 0 Å². The van der Waals surface area contributed by atoms with Crippen molar-refractivity contribution >= 4 is 5.97 Å². The summed E-state index contributed by atoms with van der Waals surface area (Å²) in [5, 5.41) is 11.3. The van der Waals surface area contributed by atoms with Crippen LogP contribution >= 0.6 is 0 Å². The molecule has 1 aromatic carbocycles. The van der Waals surface area contributed by atoms with Gasteiger partial charge in [0, 0.05) is 37.5 Å². The molecule has 0 bridgehead atoms. The zero-order chi connectivity index (χ0) is 19.7. The van der Waals surface area contributed by atoms with Crippen molar-refractivity contribution < 1.29 is 44.9 Å². The van der Waals surface area contributed by atoms with E-state index in [0.717, 1.165) is 30.4 Å². The Hall–Kier alpha value is -1.05. The Kier molecular flexibility index (Phi) is 7.27. The standard InChI is InChI=1S/C21H30F2NO3.BrH/c1-24(2)12-9-16(10-13-24)15-27-19(25)21(26,17-6-4-3-5-7-17)18-8-11-20(22,23)14-18;/h3-7,16,18,26H,8-15H2,1-2H3;1H/q+1;/p-1/t18-,21+;/m1./s1. The van der Waals surface area contributed by atoms with Crippen LogP contribution in [0.3, 0.4) is 0 Å². The normalized spacial score (nSPS) is 26.1. The van der Waals surface area contributed by atoms with Crippen LogP contribution in [0.1, 0.15) is 37.7 Å². The predicted octanol–water partition coefficient (Wildman–Crippen LogP) is 0.343. The molecule has 1 saturated carbocycles. The molecule has 0 amide bonds. The van der Waals surface area contributed by atoms with E-state index in [-0.39, 0.29) is 42.3 Å². The lowest BCUT2D eigenvalue weighted by Gasteiger charge is -2.37. The number of hydrogen-bond donors (Lipinski definition) is 1. The fourth-order valence-corrected chi connectivity index (χ4v) is 4.31. The molecule has 2 fully saturated rings. The van der Waals surface area contributed by atoms with E-state index in [9.17, 15) is 18.7 Å². The predicted molar refractivity (Wildman–Crippen MR) is 98.2 cm³/mol. The van der Waals surface area contributed by atoms with E-state index in [2.05, 4.69) is 14.1 Å². The third kappa shape index (κ3) is 5.10. The quantitative estimate of drug-likeness (QED) is 0.508. The molecule has 3 rings (SSSR count). The van der Waals surface area contributed by atoms with Crippen molar-refractivity contribution in [3.05, 3.63) is 35.9 Å². The van der Waals surface area contributed by atoms with Gasteiger partial charge in [-0.15, -0.1) is 0 Å². The molecule has 0 spiro atoms. The molecule has 1 heterocycles. The summed E-state index contributed by atoms with van der Waals surface area (Å²) < 4.78 is 34.0. The minimum atomic E-state index is -2.85. The average Bonchev–Trinajstić information content (AvgIpc) is 3.01. The summed E-state index contributed by atoms with van der Waals surface area (Å²) >= 11 is 0. The van der Waals surface area contributed by atoms with Crippen molar-refractivity contribution in [3.8, 4) is 0 Å². The summed E-state index contributed by atoms with van der Waals surface area (Å²) in [6, 6.07) is 8.38. The highest BCUT2D eigenvalue weighted by Gasteiger charge is 2.54. The number of quaternary nitrogens is 1. The van der Waals surface area contributed by atoms with Gasteiger partial charge in [0.25, 0.3) is 0 Å². The van der Waals surface area contributed by atoms with Crippen LogP contribution in [0.4, 0.5) is 8.78 Å². The maximum absolute atomic E-state index is 13.8. The molecule has 0 unspecified atom stereocenters. The van der Waals surface area contributed by atoms with E-state index in [1.54, 1.807) is 30.3 Å². The summed E-state index contributed by atoms with van der Waals surface area (Å²) in [6.45, 7) is 2.26. The van der Waals surface area contributed by atoms with Crippen molar-refractivity contribution in [2.24, 2.45) is 11.8 Å². The molecule has 4 nitrogen and oxygen atoms in total. The number of carbonyl (C=O) groups excluding carboxylic acids is 1. The lowest BCUT2D eigenvalue weighted by atomic mass is 9.80. The van der Waals surface area contributed by atoms with Crippen molar-refractivity contribution in [2.75, 3.05) is 33.8 Å². The second-order valence-electron chi connectivity index (χ2n) is 8.85. The first kappa shape index (κ1) is 23.2. The number of aliphatic hydroxyl groups is 1. The van der Waals surface area contributed by atoms with Gasteiger partial charge >= 0.3 is 5.97 Å². The number of carbonyl (C=O) groups is 1. The van der Waals surface area contributed by atoms with E-state index in [1.807, 2.05) is 0 Å². The molecule has 1 aliphatic carbocycles. The molecule has 0 radical (unpaired) electrons. The first-order chi connectivity index (χ1) is 12.6. The number of ether oxygens (including phenoxy) is 1. The summed E-state index contributed by atoms with van der Waals surface area (Å²) in [5.74, 6) is -4.23. The largest absolute Gasteiger partial charge is 1.00 e. The number of likely N-dealkylation sites (tertiary alicyclic amines) is 1. The average molecular weight is 462 g/mol. The van der Waals surface area contributed by atoms with Gasteiger partial charge in [0.15, 0.2) is 5.60 Å². The zero-order valence-corrected chi connectivity index (χ0v) is 18.1. The molecular weight excluding hydrogens is 432 g/mol. The van der Waals surface area contributed by atoms with E-state index >= 15 is 0 Å². The molecule has 2 aliphatic rings. The van der Waals surface area contributed by atoms with E-state index in [1.165, 1.54) is 0 Å². The smallest absolute Gasteiger partial charge is 0.343 e. The van der Waals surface area contributed by atoms with E-state index < -0.39 is 29.8 Å². The Morgan fingerprint density at radius 1 is 1.21 bits per heavy atom. The molecule has 1 saturated heterocycles. The molecule has 1 aliphatic heterocycles. The lowest BCUT2D eigenvalue weighted by Crippen LogP contribution is -3.00. The zero-order valence-electron chi connectivity index (χ0n) is 16.5. The van der Waals surface area contributed by atoms with Crippen LogP contribution in [0.15, 0.2) is 30.3 Å². The van der Waals surface area contributed by atoms with Gasteiger partial charge < -0.3 is 31.3 Å². The van der Waals surface area contributed by atoms with E-state index in [4.69, 9.17) is 4.74 Å². The summed E-state index contributed by atoms with van der Waals surface area (Å²) in [6.07, 6.45) is 1.19. The summed E-state index contributed by atoms with van der Waals surface area (Å²) in [5.41, 5.74) is -1.69. The van der Waals surface area contributed by atoms with Gasteiger partial charge in [0.1, 0.15) is 0 Å². The number of halogens is 3.